The maximum Gasteiger partial charge on any atom is 0.256 e. The predicted molar refractivity (Wildman–Crippen MR) is 91.4 cm³/mol. The molecule has 1 amide bonds. The van der Waals surface area contributed by atoms with Crippen LogP contribution in [0.15, 0.2) is 48.8 Å². The van der Waals surface area contributed by atoms with E-state index in [1.54, 1.807) is 37.6 Å². The lowest BCUT2D eigenvalue weighted by Crippen LogP contribution is -2.27. The number of rotatable bonds is 3. The van der Waals surface area contributed by atoms with Gasteiger partial charge in [-0.1, -0.05) is 6.07 Å². The first-order chi connectivity index (χ1) is 12.1. The van der Waals surface area contributed by atoms with Crippen molar-refractivity contribution in [3.63, 3.8) is 0 Å². The number of imidazole rings is 1. The molecule has 4 aromatic rings. The van der Waals surface area contributed by atoms with Gasteiger partial charge in [-0.25, -0.2) is 9.37 Å². The molecule has 25 heavy (non-hydrogen) atoms. The summed E-state index contributed by atoms with van der Waals surface area (Å²) in [6.07, 6.45) is 3.15. The summed E-state index contributed by atoms with van der Waals surface area (Å²) in [4.78, 5) is 30.2. The van der Waals surface area contributed by atoms with E-state index < -0.39 is 0 Å². The molecule has 2 aromatic carbocycles. The molecule has 2 aromatic heterocycles. The van der Waals surface area contributed by atoms with Gasteiger partial charge in [-0.05, 0) is 30.3 Å². The number of fused-ring (bicyclic) bond motifs is 2. The number of aromatic amines is 1. The van der Waals surface area contributed by atoms with Gasteiger partial charge in [0.2, 0.25) is 0 Å². The maximum atomic E-state index is 13.3. The van der Waals surface area contributed by atoms with E-state index in [4.69, 9.17) is 0 Å². The van der Waals surface area contributed by atoms with Crippen LogP contribution in [0.3, 0.4) is 0 Å². The van der Waals surface area contributed by atoms with Crippen molar-refractivity contribution < 1.29 is 9.18 Å². The Labute approximate surface area is 142 Å². The molecule has 0 aliphatic heterocycles. The summed E-state index contributed by atoms with van der Waals surface area (Å²) in [5.74, 6) is 0.0713. The fraction of sp³-hybridized carbons (Fsp3) is 0.111. The summed E-state index contributed by atoms with van der Waals surface area (Å²) >= 11 is 0. The highest BCUT2D eigenvalue weighted by Crippen LogP contribution is 2.17. The molecule has 0 spiro atoms. The van der Waals surface area contributed by atoms with Gasteiger partial charge in [-0.2, -0.15) is 0 Å². The molecule has 2 heterocycles. The summed E-state index contributed by atoms with van der Waals surface area (Å²) in [5, 5.41) is 0. The van der Waals surface area contributed by atoms with E-state index in [9.17, 15) is 9.18 Å². The number of hydrogen-bond donors (Lipinski definition) is 1. The second-order valence-corrected chi connectivity index (χ2v) is 5.74. The SMILES string of the molecule is CN(Cc1nc2ccc(F)cc2[nH]1)C(=O)c1cccc2nccnc12. The molecular formula is C18H14FN5O. The first-order valence-corrected chi connectivity index (χ1v) is 7.71. The lowest BCUT2D eigenvalue weighted by molar-refractivity contribution is 0.0783. The minimum Gasteiger partial charge on any atom is -0.340 e. The van der Waals surface area contributed by atoms with Gasteiger partial charge >= 0.3 is 0 Å². The summed E-state index contributed by atoms with van der Waals surface area (Å²) < 4.78 is 13.3. The Morgan fingerprint density at radius 2 is 2.00 bits per heavy atom. The van der Waals surface area contributed by atoms with Crippen molar-refractivity contribution >= 4 is 28.0 Å². The van der Waals surface area contributed by atoms with E-state index in [1.165, 1.54) is 17.0 Å². The molecule has 0 aliphatic carbocycles. The van der Waals surface area contributed by atoms with Crippen LogP contribution in [-0.2, 0) is 6.54 Å². The van der Waals surface area contributed by atoms with Crippen molar-refractivity contribution in [3.8, 4) is 0 Å². The van der Waals surface area contributed by atoms with Crippen LogP contribution in [0.5, 0.6) is 0 Å². The van der Waals surface area contributed by atoms with Gasteiger partial charge in [-0.3, -0.25) is 14.8 Å². The largest absolute Gasteiger partial charge is 0.340 e. The molecule has 124 valence electrons. The molecule has 0 radical (unpaired) electrons. The van der Waals surface area contributed by atoms with Crippen LogP contribution in [0.2, 0.25) is 0 Å². The number of halogens is 1. The van der Waals surface area contributed by atoms with Crippen molar-refractivity contribution in [1.82, 2.24) is 24.8 Å². The fourth-order valence-electron chi connectivity index (χ4n) is 2.78. The minimum absolute atomic E-state index is 0.183. The molecule has 0 bridgehead atoms. The van der Waals surface area contributed by atoms with E-state index in [1.807, 2.05) is 6.07 Å². The predicted octanol–water partition coefficient (Wildman–Crippen LogP) is 2.92. The topological polar surface area (TPSA) is 74.8 Å². The highest BCUT2D eigenvalue weighted by Gasteiger charge is 2.17. The van der Waals surface area contributed by atoms with Crippen LogP contribution in [0.1, 0.15) is 16.2 Å². The third kappa shape index (κ3) is 2.80. The molecule has 0 fully saturated rings. The normalized spacial score (nSPS) is 11.1. The fourth-order valence-corrected chi connectivity index (χ4v) is 2.78. The highest BCUT2D eigenvalue weighted by atomic mass is 19.1. The lowest BCUT2D eigenvalue weighted by atomic mass is 10.1. The Kier molecular flexibility index (Phi) is 3.61. The van der Waals surface area contributed by atoms with Gasteiger partial charge in [0, 0.05) is 19.4 Å². The number of benzene rings is 2. The summed E-state index contributed by atoms with van der Waals surface area (Å²) in [6.45, 7) is 0.270. The monoisotopic (exact) mass is 335 g/mol. The van der Waals surface area contributed by atoms with E-state index >= 15 is 0 Å². The van der Waals surface area contributed by atoms with Crippen LogP contribution in [0, 0.1) is 5.82 Å². The number of aromatic nitrogens is 4. The Morgan fingerprint density at radius 3 is 2.88 bits per heavy atom. The highest BCUT2D eigenvalue weighted by molar-refractivity contribution is 6.04. The van der Waals surface area contributed by atoms with Crippen molar-refractivity contribution in [1.29, 1.82) is 0 Å². The van der Waals surface area contributed by atoms with E-state index in [-0.39, 0.29) is 18.3 Å². The number of carbonyl (C=O) groups excluding carboxylic acids is 1. The summed E-state index contributed by atoms with van der Waals surface area (Å²) in [6, 6.07) is 9.66. The zero-order valence-electron chi connectivity index (χ0n) is 13.4. The number of nitrogens with one attached hydrogen (secondary N) is 1. The van der Waals surface area contributed by atoms with Gasteiger partial charge in [0.1, 0.15) is 17.2 Å². The zero-order chi connectivity index (χ0) is 17.4. The van der Waals surface area contributed by atoms with Crippen LogP contribution >= 0.6 is 0 Å². The third-order valence-corrected chi connectivity index (χ3v) is 3.96. The van der Waals surface area contributed by atoms with Crippen LogP contribution < -0.4 is 0 Å². The zero-order valence-corrected chi connectivity index (χ0v) is 13.4. The van der Waals surface area contributed by atoms with Gasteiger partial charge in [0.05, 0.1) is 28.7 Å². The molecule has 0 atom stereocenters. The van der Waals surface area contributed by atoms with E-state index in [0.29, 0.717) is 33.5 Å². The van der Waals surface area contributed by atoms with Crippen molar-refractivity contribution in [2.24, 2.45) is 0 Å². The van der Waals surface area contributed by atoms with E-state index in [2.05, 4.69) is 19.9 Å². The Morgan fingerprint density at radius 1 is 1.16 bits per heavy atom. The number of amides is 1. The average molecular weight is 335 g/mol. The van der Waals surface area contributed by atoms with Crippen LogP contribution in [0.25, 0.3) is 22.1 Å². The quantitative estimate of drug-likeness (QED) is 0.625. The van der Waals surface area contributed by atoms with Crippen molar-refractivity contribution in [2.75, 3.05) is 7.05 Å². The van der Waals surface area contributed by atoms with Gasteiger partial charge in [0.15, 0.2) is 0 Å². The van der Waals surface area contributed by atoms with E-state index in [0.717, 1.165) is 0 Å². The summed E-state index contributed by atoms with van der Waals surface area (Å²) in [5.41, 5.74) is 2.98. The minimum atomic E-state index is -0.332. The van der Waals surface area contributed by atoms with Crippen LogP contribution in [-0.4, -0.2) is 37.8 Å². The molecule has 1 N–H and O–H groups in total. The first kappa shape index (κ1) is 15.2. The second kappa shape index (κ2) is 5.94. The number of nitrogens with zero attached hydrogens (tertiary/aromatic N) is 4. The van der Waals surface area contributed by atoms with Gasteiger partial charge in [-0.15, -0.1) is 0 Å². The molecule has 7 heteroatoms. The molecule has 0 aliphatic rings. The number of H-pyrrole nitrogens is 1. The standard InChI is InChI=1S/C18H14FN5O/c1-24(10-16-22-13-6-5-11(19)9-15(13)23-16)18(25)12-3-2-4-14-17(12)21-8-7-20-14/h2-9H,10H2,1H3,(H,22,23). The first-order valence-electron chi connectivity index (χ1n) is 7.71. The average Bonchev–Trinajstić information content (AvgIpc) is 3.01. The van der Waals surface area contributed by atoms with Crippen molar-refractivity contribution in [3.05, 3.63) is 66.0 Å². The molecular weight excluding hydrogens is 321 g/mol. The summed E-state index contributed by atoms with van der Waals surface area (Å²) in [7, 11) is 1.69. The Balaban J connectivity index is 1.63. The molecule has 0 unspecified atom stereocenters. The van der Waals surface area contributed by atoms with Gasteiger partial charge < -0.3 is 9.88 Å². The lowest BCUT2D eigenvalue weighted by Gasteiger charge is -2.16. The Bertz CT molecular complexity index is 1090. The number of carbonyl (C=O) groups is 1. The number of hydrogen-bond acceptors (Lipinski definition) is 4. The second-order valence-electron chi connectivity index (χ2n) is 5.74. The molecule has 0 saturated carbocycles. The third-order valence-electron chi connectivity index (χ3n) is 3.96. The van der Waals surface area contributed by atoms with Crippen molar-refractivity contribution in [2.45, 2.75) is 6.54 Å². The maximum absolute atomic E-state index is 13.3. The Hall–Kier alpha value is -3.35. The smallest absolute Gasteiger partial charge is 0.256 e. The molecule has 6 nitrogen and oxygen atoms in total. The molecule has 4 rings (SSSR count). The van der Waals surface area contributed by atoms with Crippen LogP contribution in [0.4, 0.5) is 4.39 Å². The van der Waals surface area contributed by atoms with Gasteiger partial charge in [0.25, 0.3) is 5.91 Å². The number of para-hydroxylation sites is 1. The molecule has 0 saturated heterocycles.